The van der Waals surface area contributed by atoms with Crippen molar-refractivity contribution in [3.63, 3.8) is 0 Å². The van der Waals surface area contributed by atoms with E-state index in [1.54, 1.807) is 6.92 Å². The highest BCUT2D eigenvalue weighted by Crippen LogP contribution is 1.30. The topological polar surface area (TPSA) is 20.2 Å². The van der Waals surface area contributed by atoms with E-state index in [0.717, 1.165) is 0 Å². The van der Waals surface area contributed by atoms with Crippen LogP contribution < -0.4 is 0 Å². The minimum absolute atomic E-state index is 0. The quantitative estimate of drug-likeness (QED) is 0.409. The third-order valence-corrected chi connectivity index (χ3v) is 0. The summed E-state index contributed by atoms with van der Waals surface area (Å²) >= 11 is 0. The lowest BCUT2D eigenvalue weighted by atomic mass is 10.9. The van der Waals surface area contributed by atoms with Gasteiger partial charge in [0.15, 0.2) is 17.4 Å². The minimum Gasteiger partial charge on any atom is -0.397 e. The molecular weight excluding hydrogens is 102 g/mol. The second-order valence-corrected chi connectivity index (χ2v) is 0.316. The molecular formula is C2H10AlClO. The van der Waals surface area contributed by atoms with Gasteiger partial charge in [-0.15, -0.1) is 12.4 Å². The van der Waals surface area contributed by atoms with Crippen molar-refractivity contribution in [2.45, 2.75) is 6.92 Å². The molecule has 0 aliphatic heterocycles. The molecule has 0 saturated carbocycles. The minimum atomic E-state index is 0. The average molecular weight is 113 g/mol. The molecule has 0 fully saturated rings. The first kappa shape index (κ1) is 17.1. The highest BCUT2D eigenvalue weighted by molar-refractivity contribution is 5.85. The van der Waals surface area contributed by atoms with Crippen LogP contribution in [-0.2, 0) is 0 Å². The first-order valence-electron chi connectivity index (χ1n) is 1.02. The molecule has 0 rings (SSSR count). The van der Waals surface area contributed by atoms with Gasteiger partial charge in [0.2, 0.25) is 0 Å². The van der Waals surface area contributed by atoms with Crippen molar-refractivity contribution in [1.82, 2.24) is 0 Å². The van der Waals surface area contributed by atoms with Crippen molar-refractivity contribution in [3.05, 3.63) is 0 Å². The Kier molecular flexibility index (Phi) is 73.6. The molecule has 34 valence electrons. The Balaban J connectivity index is -0.0000000200. The molecule has 0 aromatic heterocycles. The van der Waals surface area contributed by atoms with Crippen LogP contribution in [0.1, 0.15) is 6.92 Å². The molecule has 3 heteroatoms. The largest absolute Gasteiger partial charge is 0.397 e. The Bertz CT molecular complexity index is 9.61. The van der Waals surface area contributed by atoms with Crippen molar-refractivity contribution in [3.8, 4) is 0 Å². The number of aliphatic hydroxyl groups excluding tert-OH is 1. The van der Waals surface area contributed by atoms with Crippen LogP contribution >= 0.6 is 12.4 Å². The molecule has 5 heavy (non-hydrogen) atoms. The standard InChI is InChI=1S/C2H6O.Al.ClH.3H/c1-2-3;;;;;/h3H,2H2,1H3;;1H;;;. The normalized spacial score (nSPS) is 3.60. The molecule has 0 aromatic rings. The van der Waals surface area contributed by atoms with Gasteiger partial charge in [-0.2, -0.15) is 0 Å². The van der Waals surface area contributed by atoms with Crippen molar-refractivity contribution < 1.29 is 5.11 Å². The molecule has 0 aliphatic rings. The van der Waals surface area contributed by atoms with E-state index in [2.05, 4.69) is 0 Å². The van der Waals surface area contributed by atoms with Gasteiger partial charge in [0.1, 0.15) is 0 Å². The molecule has 0 radical (unpaired) electrons. The maximum atomic E-state index is 7.57. The second-order valence-electron chi connectivity index (χ2n) is 0.316. The van der Waals surface area contributed by atoms with E-state index in [4.69, 9.17) is 5.11 Å². The lowest BCUT2D eigenvalue weighted by Crippen LogP contribution is -1.57. The first-order valence-corrected chi connectivity index (χ1v) is 1.02. The van der Waals surface area contributed by atoms with Crippen molar-refractivity contribution in [1.29, 1.82) is 0 Å². The zero-order chi connectivity index (χ0) is 2.71. The summed E-state index contributed by atoms with van der Waals surface area (Å²) in [6, 6.07) is 0. The van der Waals surface area contributed by atoms with Gasteiger partial charge in [-0.1, -0.05) is 0 Å². The Labute approximate surface area is 48.9 Å². The monoisotopic (exact) mass is 112 g/mol. The molecule has 0 unspecified atom stereocenters. The number of rotatable bonds is 0. The molecule has 0 heterocycles. The number of hydrogen-bond donors (Lipinski definition) is 1. The zero-order valence-corrected chi connectivity index (χ0v) is 3.38. The molecule has 1 N–H and O–H groups in total. The van der Waals surface area contributed by atoms with Gasteiger partial charge in [0.05, 0.1) is 0 Å². The zero-order valence-electron chi connectivity index (χ0n) is 2.56. The van der Waals surface area contributed by atoms with Crippen LogP contribution in [-0.4, -0.2) is 29.1 Å². The second kappa shape index (κ2) is 21.5. The summed E-state index contributed by atoms with van der Waals surface area (Å²) in [6.07, 6.45) is 0. The fraction of sp³-hybridized carbons (Fsp3) is 1.00. The summed E-state index contributed by atoms with van der Waals surface area (Å²) in [5, 5.41) is 7.57. The van der Waals surface area contributed by atoms with E-state index < -0.39 is 0 Å². The van der Waals surface area contributed by atoms with Crippen molar-refractivity contribution in [2.75, 3.05) is 6.61 Å². The lowest BCUT2D eigenvalue weighted by molar-refractivity contribution is 0.318. The first-order chi connectivity index (χ1) is 1.41. The van der Waals surface area contributed by atoms with Crippen LogP contribution in [0.2, 0.25) is 0 Å². The summed E-state index contributed by atoms with van der Waals surface area (Å²) in [4.78, 5) is 0. The van der Waals surface area contributed by atoms with E-state index in [9.17, 15) is 0 Å². The molecule has 0 aromatic carbocycles. The molecule has 0 saturated heterocycles. The Morgan fingerprint density at radius 1 is 1.60 bits per heavy atom. The maximum Gasteiger partial charge on any atom is 0.187 e. The number of aliphatic hydroxyl groups is 1. The van der Waals surface area contributed by atoms with E-state index in [0.29, 0.717) is 0 Å². The predicted octanol–water partition coefficient (Wildman–Crippen LogP) is -0.764. The van der Waals surface area contributed by atoms with Gasteiger partial charge in [-0.3, -0.25) is 0 Å². The molecule has 0 spiro atoms. The summed E-state index contributed by atoms with van der Waals surface area (Å²) < 4.78 is 0. The predicted molar refractivity (Wildman–Crippen MR) is 29.9 cm³/mol. The average Bonchev–Trinajstić information content (AvgIpc) is 0.918. The van der Waals surface area contributed by atoms with Crippen LogP contribution in [0.4, 0.5) is 0 Å². The molecule has 0 atom stereocenters. The van der Waals surface area contributed by atoms with E-state index in [1.807, 2.05) is 0 Å². The van der Waals surface area contributed by atoms with Crippen LogP contribution in [0, 0.1) is 0 Å². The highest BCUT2D eigenvalue weighted by Gasteiger charge is 1.34. The van der Waals surface area contributed by atoms with Gasteiger partial charge < -0.3 is 5.11 Å². The summed E-state index contributed by atoms with van der Waals surface area (Å²) in [5.74, 6) is 0. The lowest BCUT2D eigenvalue weighted by Gasteiger charge is -1.52. The Morgan fingerprint density at radius 2 is 1.60 bits per heavy atom. The van der Waals surface area contributed by atoms with Gasteiger partial charge in [-0.25, -0.2) is 0 Å². The van der Waals surface area contributed by atoms with Crippen molar-refractivity contribution in [2.24, 2.45) is 0 Å². The molecule has 0 amide bonds. The number of halogens is 1. The highest BCUT2D eigenvalue weighted by atomic mass is 35.5. The summed E-state index contributed by atoms with van der Waals surface area (Å²) in [6.45, 7) is 1.93. The van der Waals surface area contributed by atoms with Gasteiger partial charge >= 0.3 is 0 Å². The van der Waals surface area contributed by atoms with Crippen molar-refractivity contribution >= 4 is 29.8 Å². The summed E-state index contributed by atoms with van der Waals surface area (Å²) in [7, 11) is 0. The van der Waals surface area contributed by atoms with Gasteiger partial charge in [0.25, 0.3) is 0 Å². The van der Waals surface area contributed by atoms with E-state index >= 15 is 0 Å². The van der Waals surface area contributed by atoms with Gasteiger partial charge in [-0.05, 0) is 6.92 Å². The SMILES string of the molecule is CCO.Cl.[AlH3]. The Morgan fingerprint density at radius 3 is 1.60 bits per heavy atom. The fourth-order valence-electron chi connectivity index (χ4n) is 0. The van der Waals surface area contributed by atoms with Crippen LogP contribution in [0.15, 0.2) is 0 Å². The number of hydrogen-bond acceptors (Lipinski definition) is 1. The molecule has 0 bridgehead atoms. The third kappa shape index (κ3) is 60.5. The van der Waals surface area contributed by atoms with Crippen LogP contribution in [0.3, 0.4) is 0 Å². The fourth-order valence-corrected chi connectivity index (χ4v) is 0. The smallest absolute Gasteiger partial charge is 0.187 e. The van der Waals surface area contributed by atoms with E-state index in [1.165, 1.54) is 0 Å². The third-order valence-electron chi connectivity index (χ3n) is 0. The van der Waals surface area contributed by atoms with Crippen LogP contribution in [0.5, 0.6) is 0 Å². The van der Waals surface area contributed by atoms with Crippen LogP contribution in [0.25, 0.3) is 0 Å². The Hall–Kier alpha value is 0.782. The maximum absolute atomic E-state index is 7.57. The van der Waals surface area contributed by atoms with E-state index in [-0.39, 0.29) is 36.4 Å². The van der Waals surface area contributed by atoms with Gasteiger partial charge in [0, 0.05) is 6.61 Å². The molecule has 1 nitrogen and oxygen atoms in total. The summed E-state index contributed by atoms with van der Waals surface area (Å²) in [5.41, 5.74) is 0. The molecule has 0 aliphatic carbocycles.